The first-order valence-electron chi connectivity index (χ1n) is 10.4. The van der Waals surface area contributed by atoms with Crippen LogP contribution in [0.25, 0.3) is 0 Å². The molecule has 1 N–H and O–H groups in total. The molecule has 3 rings (SSSR count). The minimum Gasteiger partial charge on any atom is -0.372 e. The lowest BCUT2D eigenvalue weighted by molar-refractivity contribution is -0.118. The number of hydrogen-bond acceptors (Lipinski definition) is 6. The Hall–Kier alpha value is -2.47. The average molecular weight is 476 g/mol. The van der Waals surface area contributed by atoms with Gasteiger partial charge in [0.1, 0.15) is 12.3 Å². The number of sulfone groups is 1. The molecule has 170 valence electrons. The van der Waals surface area contributed by atoms with Crippen molar-refractivity contribution in [2.24, 2.45) is 5.92 Å². The van der Waals surface area contributed by atoms with E-state index in [9.17, 15) is 13.2 Å². The SMILES string of the molecule is COCC#Cc1cnc(NC(=O)C(CC2CCCC2)c2ccc(S(C)(=O)=O)c(Cl)c2)cn1. The highest BCUT2D eigenvalue weighted by molar-refractivity contribution is 7.90. The highest BCUT2D eigenvalue weighted by atomic mass is 35.5. The van der Waals surface area contributed by atoms with Crippen molar-refractivity contribution >= 4 is 33.2 Å². The van der Waals surface area contributed by atoms with Crippen molar-refractivity contribution in [3.8, 4) is 11.8 Å². The molecule has 7 nitrogen and oxygen atoms in total. The molecule has 1 unspecified atom stereocenters. The lowest BCUT2D eigenvalue weighted by Gasteiger charge is -2.21. The van der Waals surface area contributed by atoms with Gasteiger partial charge in [-0.2, -0.15) is 0 Å². The van der Waals surface area contributed by atoms with E-state index in [1.54, 1.807) is 19.2 Å². The van der Waals surface area contributed by atoms with Gasteiger partial charge in [0.25, 0.3) is 0 Å². The van der Waals surface area contributed by atoms with E-state index in [0.29, 0.717) is 36.0 Å². The standard InChI is InChI=1S/C23H26ClN3O4S/c1-31-11-5-8-18-14-26-22(15-25-18)27-23(28)19(12-16-6-3-4-7-16)17-9-10-21(20(24)13-17)32(2,29)30/h9-10,13-16,19H,3-4,6-7,11-12H2,1-2H3,(H,26,27,28). The first-order chi connectivity index (χ1) is 15.3. The summed E-state index contributed by atoms with van der Waals surface area (Å²) in [4.78, 5) is 21.7. The highest BCUT2D eigenvalue weighted by Crippen LogP contribution is 2.36. The van der Waals surface area contributed by atoms with Gasteiger partial charge in [-0.05, 0) is 36.0 Å². The Labute approximate surface area is 193 Å². The second kappa shape index (κ2) is 10.9. The zero-order valence-corrected chi connectivity index (χ0v) is 19.7. The van der Waals surface area contributed by atoms with Crippen LogP contribution in [0, 0.1) is 17.8 Å². The minimum atomic E-state index is -3.45. The molecule has 1 amide bonds. The van der Waals surface area contributed by atoms with Crippen LogP contribution in [0.5, 0.6) is 0 Å². The maximum atomic E-state index is 13.2. The Morgan fingerprint density at radius 1 is 1.28 bits per heavy atom. The summed E-state index contributed by atoms with van der Waals surface area (Å²) in [6.07, 6.45) is 9.19. The van der Waals surface area contributed by atoms with Crippen LogP contribution in [-0.2, 0) is 19.4 Å². The van der Waals surface area contributed by atoms with Crippen LogP contribution in [-0.4, -0.2) is 44.3 Å². The smallest absolute Gasteiger partial charge is 0.233 e. The molecule has 1 aromatic heterocycles. The van der Waals surface area contributed by atoms with Gasteiger partial charge in [-0.1, -0.05) is 49.3 Å². The summed E-state index contributed by atoms with van der Waals surface area (Å²) in [5, 5.41) is 2.95. The van der Waals surface area contributed by atoms with Gasteiger partial charge in [0, 0.05) is 13.4 Å². The highest BCUT2D eigenvalue weighted by Gasteiger charge is 2.28. The Morgan fingerprint density at radius 2 is 2.03 bits per heavy atom. The number of anilines is 1. The Bertz CT molecular complexity index is 1120. The number of amides is 1. The molecule has 1 aromatic carbocycles. The number of aromatic nitrogens is 2. The van der Waals surface area contributed by atoms with Gasteiger partial charge in [0.2, 0.25) is 5.91 Å². The Morgan fingerprint density at radius 3 is 2.62 bits per heavy atom. The van der Waals surface area contributed by atoms with E-state index >= 15 is 0 Å². The molecular weight excluding hydrogens is 450 g/mol. The van der Waals surface area contributed by atoms with E-state index in [-0.39, 0.29) is 15.8 Å². The van der Waals surface area contributed by atoms with Gasteiger partial charge in [0.15, 0.2) is 15.7 Å². The molecule has 0 bridgehead atoms. The fourth-order valence-electron chi connectivity index (χ4n) is 3.88. The molecule has 1 aliphatic rings. The molecule has 1 aliphatic carbocycles. The van der Waals surface area contributed by atoms with Crippen molar-refractivity contribution in [2.45, 2.75) is 42.9 Å². The van der Waals surface area contributed by atoms with Crippen LogP contribution in [0.4, 0.5) is 5.82 Å². The molecule has 1 saturated carbocycles. The molecule has 0 aliphatic heterocycles. The second-order valence-electron chi connectivity index (χ2n) is 7.91. The number of benzene rings is 1. The van der Waals surface area contributed by atoms with Crippen molar-refractivity contribution in [3.05, 3.63) is 46.9 Å². The molecule has 32 heavy (non-hydrogen) atoms. The van der Waals surface area contributed by atoms with Gasteiger partial charge < -0.3 is 10.1 Å². The van der Waals surface area contributed by atoms with Gasteiger partial charge in [-0.3, -0.25) is 4.79 Å². The largest absolute Gasteiger partial charge is 0.372 e. The predicted molar refractivity (Wildman–Crippen MR) is 123 cm³/mol. The third kappa shape index (κ3) is 6.52. The zero-order valence-electron chi connectivity index (χ0n) is 18.1. The fourth-order valence-corrected chi connectivity index (χ4v) is 5.22. The molecular formula is C23H26ClN3O4S. The van der Waals surface area contributed by atoms with Gasteiger partial charge >= 0.3 is 0 Å². The number of hydrogen-bond donors (Lipinski definition) is 1. The molecule has 2 aromatic rings. The number of rotatable bonds is 7. The summed E-state index contributed by atoms with van der Waals surface area (Å²) >= 11 is 6.25. The summed E-state index contributed by atoms with van der Waals surface area (Å²) in [5.74, 6) is 5.66. The fraction of sp³-hybridized carbons (Fsp3) is 0.435. The van der Waals surface area contributed by atoms with E-state index in [4.69, 9.17) is 16.3 Å². The number of nitrogens with zero attached hydrogens (tertiary/aromatic N) is 2. The van der Waals surface area contributed by atoms with Crippen molar-refractivity contribution in [2.75, 3.05) is 25.3 Å². The lowest BCUT2D eigenvalue weighted by atomic mass is 9.87. The minimum absolute atomic E-state index is 0.0546. The second-order valence-corrected chi connectivity index (χ2v) is 10.3. The number of ether oxygens (including phenoxy) is 1. The number of halogens is 1. The molecule has 1 fully saturated rings. The summed E-state index contributed by atoms with van der Waals surface area (Å²) in [6.45, 7) is 0.295. The van der Waals surface area contributed by atoms with Crippen molar-refractivity contribution < 1.29 is 17.9 Å². The first kappa shape index (κ1) is 24.2. The third-order valence-corrected chi connectivity index (χ3v) is 7.03. The van der Waals surface area contributed by atoms with Crippen LogP contribution in [0.2, 0.25) is 5.02 Å². The van der Waals surface area contributed by atoms with Crippen LogP contribution < -0.4 is 5.32 Å². The topological polar surface area (TPSA) is 98.2 Å². The van der Waals surface area contributed by atoms with Crippen molar-refractivity contribution in [1.29, 1.82) is 0 Å². The van der Waals surface area contributed by atoms with E-state index < -0.39 is 15.8 Å². The average Bonchev–Trinajstić information content (AvgIpc) is 3.26. The number of carbonyl (C=O) groups is 1. The zero-order chi connectivity index (χ0) is 23.1. The van der Waals surface area contributed by atoms with Gasteiger partial charge in [0.05, 0.1) is 28.2 Å². The van der Waals surface area contributed by atoms with Crippen LogP contribution in [0.3, 0.4) is 0 Å². The van der Waals surface area contributed by atoms with E-state index in [1.807, 2.05) is 0 Å². The van der Waals surface area contributed by atoms with Crippen molar-refractivity contribution in [3.63, 3.8) is 0 Å². The maximum Gasteiger partial charge on any atom is 0.233 e. The molecule has 9 heteroatoms. The van der Waals surface area contributed by atoms with Crippen LogP contribution in [0.15, 0.2) is 35.5 Å². The number of carbonyl (C=O) groups excluding carboxylic acids is 1. The lowest BCUT2D eigenvalue weighted by Crippen LogP contribution is -2.24. The quantitative estimate of drug-likeness (QED) is 0.611. The third-order valence-electron chi connectivity index (χ3n) is 5.45. The monoisotopic (exact) mass is 475 g/mol. The predicted octanol–water partition coefficient (Wildman–Crippen LogP) is 3.83. The van der Waals surface area contributed by atoms with E-state index in [1.165, 1.54) is 18.5 Å². The van der Waals surface area contributed by atoms with Crippen LogP contribution >= 0.6 is 11.6 Å². The number of nitrogens with one attached hydrogen (secondary N) is 1. The van der Waals surface area contributed by atoms with E-state index in [2.05, 4.69) is 27.1 Å². The summed E-state index contributed by atoms with van der Waals surface area (Å²) in [7, 11) is -1.89. The molecule has 0 radical (unpaired) electrons. The summed E-state index contributed by atoms with van der Waals surface area (Å²) in [6, 6.07) is 4.72. The van der Waals surface area contributed by atoms with Gasteiger partial charge in [-0.25, -0.2) is 18.4 Å². The van der Waals surface area contributed by atoms with Gasteiger partial charge in [-0.15, -0.1) is 0 Å². The van der Waals surface area contributed by atoms with E-state index in [0.717, 1.165) is 31.9 Å². The Kier molecular flexibility index (Phi) is 8.24. The van der Waals surface area contributed by atoms with Crippen LogP contribution in [0.1, 0.15) is 49.3 Å². The number of methoxy groups -OCH3 is 1. The normalized spacial score (nSPS) is 15.1. The molecule has 1 heterocycles. The first-order valence-corrected chi connectivity index (χ1v) is 12.6. The van der Waals surface area contributed by atoms with Crippen molar-refractivity contribution in [1.82, 2.24) is 9.97 Å². The maximum absolute atomic E-state index is 13.2. The molecule has 0 saturated heterocycles. The Balaban J connectivity index is 1.81. The summed E-state index contributed by atoms with van der Waals surface area (Å²) in [5.41, 5.74) is 1.16. The molecule has 0 spiro atoms. The molecule has 1 atom stereocenters. The summed E-state index contributed by atoms with van der Waals surface area (Å²) < 4.78 is 28.7.